The normalized spacial score (nSPS) is 14.7. The lowest BCUT2D eigenvalue weighted by atomic mass is 10.1. The van der Waals surface area contributed by atoms with Crippen molar-refractivity contribution in [1.29, 1.82) is 5.26 Å². The fraction of sp³-hybridized carbons (Fsp3) is 0.250. The van der Waals surface area contributed by atoms with Crippen LogP contribution in [0.3, 0.4) is 0 Å². The van der Waals surface area contributed by atoms with E-state index in [-0.39, 0.29) is 0 Å². The predicted molar refractivity (Wildman–Crippen MR) is 136 cm³/mol. The Kier molecular flexibility index (Phi) is 5.87. The fourth-order valence-electron chi connectivity index (χ4n) is 4.75. The van der Waals surface area contributed by atoms with E-state index in [9.17, 15) is 10.1 Å². The number of ether oxygens (including phenoxy) is 1. The number of imidazole rings is 1. The van der Waals surface area contributed by atoms with Gasteiger partial charge in [0.1, 0.15) is 11.3 Å². The number of anilines is 2. The first-order chi connectivity index (χ1) is 17.1. The van der Waals surface area contributed by atoms with Crippen molar-refractivity contribution in [1.82, 2.24) is 9.66 Å². The van der Waals surface area contributed by atoms with Crippen LogP contribution in [0.1, 0.15) is 53.2 Å². The number of rotatable bonds is 6. The van der Waals surface area contributed by atoms with E-state index in [1.165, 1.54) is 7.11 Å². The van der Waals surface area contributed by atoms with Crippen LogP contribution in [-0.4, -0.2) is 22.7 Å². The molecule has 2 heterocycles. The lowest BCUT2D eigenvalue weighted by molar-refractivity contribution is 0.0602. The van der Waals surface area contributed by atoms with Gasteiger partial charge < -0.3 is 4.74 Å². The molecule has 1 unspecified atom stereocenters. The molecule has 0 saturated heterocycles. The molecule has 1 aliphatic rings. The maximum Gasteiger partial charge on any atom is 0.340 e. The van der Waals surface area contributed by atoms with E-state index in [4.69, 9.17) is 9.72 Å². The molecule has 0 radical (unpaired) electrons. The number of fused-ring (bicyclic) bond motifs is 2. The van der Waals surface area contributed by atoms with Crippen LogP contribution in [0.25, 0.3) is 11.0 Å². The second kappa shape index (κ2) is 9.15. The van der Waals surface area contributed by atoms with Crippen LogP contribution in [0.2, 0.25) is 0 Å². The van der Waals surface area contributed by atoms with Crippen molar-refractivity contribution < 1.29 is 9.53 Å². The highest BCUT2D eigenvalue weighted by Gasteiger charge is 2.40. The quantitative estimate of drug-likeness (QED) is 0.267. The summed E-state index contributed by atoms with van der Waals surface area (Å²) in [6.45, 7) is 4.19. The lowest BCUT2D eigenvalue weighted by Gasteiger charge is -2.32. The summed E-state index contributed by atoms with van der Waals surface area (Å²) in [5, 5.41) is 12.4. The number of benzene rings is 3. The molecule has 0 spiro atoms. The highest BCUT2D eigenvalue weighted by molar-refractivity contribution is 6.02. The van der Waals surface area contributed by atoms with Gasteiger partial charge in [0.2, 0.25) is 0 Å². The summed E-state index contributed by atoms with van der Waals surface area (Å²) in [5.74, 6) is 0.417. The molecule has 0 saturated carbocycles. The van der Waals surface area contributed by atoms with E-state index in [1.807, 2.05) is 48.0 Å². The number of carbonyl (C=O) groups is 1. The van der Waals surface area contributed by atoms with E-state index in [0.717, 1.165) is 53.1 Å². The van der Waals surface area contributed by atoms with E-state index in [2.05, 4.69) is 42.4 Å². The number of aromatic nitrogens is 2. The molecule has 1 aliphatic heterocycles. The van der Waals surface area contributed by atoms with Crippen molar-refractivity contribution in [2.75, 3.05) is 17.0 Å². The number of hydrogen-bond acceptors (Lipinski definition) is 6. The molecule has 3 aromatic carbocycles. The lowest BCUT2D eigenvalue weighted by Crippen LogP contribution is -2.38. The molecule has 1 aromatic heterocycles. The molecule has 4 aromatic rings. The zero-order chi connectivity index (χ0) is 24.5. The molecule has 0 aliphatic carbocycles. The molecule has 7 nitrogen and oxygen atoms in total. The van der Waals surface area contributed by atoms with Gasteiger partial charge in [-0.25, -0.2) is 24.4 Å². The third-order valence-corrected chi connectivity index (χ3v) is 6.44. The first-order valence-corrected chi connectivity index (χ1v) is 11.8. The Morgan fingerprint density at radius 1 is 1.06 bits per heavy atom. The van der Waals surface area contributed by atoms with Crippen LogP contribution in [0.4, 0.5) is 11.4 Å². The molecule has 7 heteroatoms. The molecule has 35 heavy (non-hydrogen) atoms. The second-order valence-electron chi connectivity index (χ2n) is 8.70. The van der Waals surface area contributed by atoms with Gasteiger partial charge in [0.25, 0.3) is 0 Å². The summed E-state index contributed by atoms with van der Waals surface area (Å²) in [7, 11) is 1.39. The molecular formula is C28H27N5O2. The summed E-state index contributed by atoms with van der Waals surface area (Å²) in [6, 6.07) is 21.6. The zero-order valence-corrected chi connectivity index (χ0v) is 20.1. The Bertz CT molecular complexity index is 1430. The average molecular weight is 466 g/mol. The predicted octanol–water partition coefficient (Wildman–Crippen LogP) is 5.74. The van der Waals surface area contributed by atoms with Crippen molar-refractivity contribution in [2.45, 2.75) is 39.3 Å². The molecule has 0 amide bonds. The van der Waals surface area contributed by atoms with Gasteiger partial charge in [-0.15, -0.1) is 0 Å². The van der Waals surface area contributed by atoms with Gasteiger partial charge in [-0.1, -0.05) is 61.4 Å². The molecular weight excluding hydrogens is 438 g/mol. The standard InChI is InChI=1S/C28H27N5O2/c1-4-5-13-25-30-22-10-8-9-21(28(34)35-3)26(22)33(25)32-24-12-7-6-11-23(24)31(18-29)27(32)20-16-14-19(2)15-17-20/h6-12,14-17,27H,4-5,13H2,1-3H3. The minimum atomic E-state index is -0.443. The Balaban J connectivity index is 1.84. The molecule has 176 valence electrons. The summed E-state index contributed by atoms with van der Waals surface area (Å²) in [4.78, 5) is 19.5. The number of para-hydroxylation sites is 3. The Hall–Kier alpha value is -4.31. The van der Waals surface area contributed by atoms with Gasteiger partial charge in [0.15, 0.2) is 12.4 Å². The minimum absolute atomic E-state index is 0.421. The SMILES string of the molecule is CCCCc1nc2cccc(C(=O)OC)c2n1N1c2ccccc2N(C#N)C1c1ccc(C)cc1. The maximum absolute atomic E-state index is 12.8. The van der Waals surface area contributed by atoms with Gasteiger partial charge >= 0.3 is 5.97 Å². The Labute approximate surface area is 204 Å². The molecule has 5 rings (SSSR count). The van der Waals surface area contributed by atoms with Crippen molar-refractivity contribution in [2.24, 2.45) is 0 Å². The monoisotopic (exact) mass is 465 g/mol. The van der Waals surface area contributed by atoms with E-state index in [1.54, 1.807) is 11.0 Å². The van der Waals surface area contributed by atoms with Crippen LogP contribution in [0.5, 0.6) is 0 Å². The number of methoxy groups -OCH3 is 1. The zero-order valence-electron chi connectivity index (χ0n) is 20.1. The summed E-state index contributed by atoms with van der Waals surface area (Å²) in [6.07, 6.45) is 4.65. The first-order valence-electron chi connectivity index (χ1n) is 11.8. The van der Waals surface area contributed by atoms with Gasteiger partial charge in [0, 0.05) is 6.42 Å². The van der Waals surface area contributed by atoms with Crippen molar-refractivity contribution in [3.8, 4) is 6.19 Å². The molecule has 0 bridgehead atoms. The Morgan fingerprint density at radius 3 is 2.49 bits per heavy atom. The minimum Gasteiger partial charge on any atom is -0.465 e. The van der Waals surface area contributed by atoms with Gasteiger partial charge in [-0.3, -0.25) is 0 Å². The number of nitrogens with zero attached hydrogens (tertiary/aromatic N) is 5. The molecule has 0 N–H and O–H groups in total. The first kappa shape index (κ1) is 22.5. The summed E-state index contributed by atoms with van der Waals surface area (Å²) >= 11 is 0. The third kappa shape index (κ3) is 3.68. The molecule has 1 atom stereocenters. The number of esters is 1. The second-order valence-corrected chi connectivity index (χ2v) is 8.70. The topological polar surface area (TPSA) is 74.4 Å². The number of nitriles is 1. The maximum atomic E-state index is 12.8. The fourth-order valence-corrected chi connectivity index (χ4v) is 4.75. The number of aryl methyl sites for hydroxylation is 2. The Morgan fingerprint density at radius 2 is 1.80 bits per heavy atom. The van der Waals surface area contributed by atoms with Gasteiger partial charge in [-0.2, -0.15) is 5.26 Å². The van der Waals surface area contributed by atoms with E-state index >= 15 is 0 Å². The average Bonchev–Trinajstić information content (AvgIpc) is 3.42. The number of unbranched alkanes of at least 4 members (excludes halogenated alkanes) is 1. The van der Waals surface area contributed by atoms with Gasteiger partial charge in [0.05, 0.1) is 29.6 Å². The largest absolute Gasteiger partial charge is 0.465 e. The van der Waals surface area contributed by atoms with Crippen LogP contribution in [-0.2, 0) is 11.2 Å². The van der Waals surface area contributed by atoms with Crippen molar-refractivity contribution in [3.63, 3.8) is 0 Å². The van der Waals surface area contributed by atoms with E-state index < -0.39 is 12.1 Å². The van der Waals surface area contributed by atoms with E-state index in [0.29, 0.717) is 11.1 Å². The third-order valence-electron chi connectivity index (χ3n) is 6.44. The number of hydrogen-bond donors (Lipinski definition) is 0. The van der Waals surface area contributed by atoms with Crippen LogP contribution in [0.15, 0.2) is 66.7 Å². The highest BCUT2D eigenvalue weighted by atomic mass is 16.5. The van der Waals surface area contributed by atoms with Crippen LogP contribution < -0.4 is 9.91 Å². The van der Waals surface area contributed by atoms with Crippen LogP contribution in [0, 0.1) is 18.4 Å². The number of carbonyl (C=O) groups excluding carboxylic acids is 1. The van der Waals surface area contributed by atoms with Crippen molar-refractivity contribution in [3.05, 3.63) is 89.2 Å². The highest BCUT2D eigenvalue weighted by Crippen LogP contribution is 2.47. The molecule has 0 fully saturated rings. The van der Waals surface area contributed by atoms with Crippen LogP contribution >= 0.6 is 0 Å². The summed E-state index contributed by atoms with van der Waals surface area (Å²) in [5.41, 5.74) is 5.62. The van der Waals surface area contributed by atoms with Crippen molar-refractivity contribution >= 4 is 28.4 Å². The summed E-state index contributed by atoms with van der Waals surface area (Å²) < 4.78 is 7.15. The van der Waals surface area contributed by atoms with Gasteiger partial charge in [-0.05, 0) is 43.2 Å². The smallest absolute Gasteiger partial charge is 0.340 e.